The normalized spacial score (nSPS) is 13.3. The highest BCUT2D eigenvalue weighted by Crippen LogP contribution is 2.39. The lowest BCUT2D eigenvalue weighted by atomic mass is 9.74. The Bertz CT molecular complexity index is 1380. The van der Waals surface area contributed by atoms with Gasteiger partial charge in [0.15, 0.2) is 0 Å². The van der Waals surface area contributed by atoms with E-state index < -0.39 is 24.2 Å². The van der Waals surface area contributed by atoms with E-state index >= 15 is 0 Å². The zero-order valence-electron chi connectivity index (χ0n) is 26.4. The Morgan fingerprint density at radius 2 is 0.956 bits per heavy atom. The Hall–Kier alpha value is -3.12. The molecule has 7 heteroatoms. The Balaban J connectivity index is 1.76. The van der Waals surface area contributed by atoms with E-state index in [9.17, 15) is 8.78 Å². The number of benzene rings is 4. The summed E-state index contributed by atoms with van der Waals surface area (Å²) in [5.41, 5.74) is 3.32. The number of alkyl halides is 2. The number of hydrogen-bond donors (Lipinski definition) is 0. The second kappa shape index (κ2) is 15.9. The van der Waals surface area contributed by atoms with E-state index in [0.29, 0.717) is 34.4 Å². The van der Waals surface area contributed by atoms with E-state index in [2.05, 4.69) is 27.7 Å². The van der Waals surface area contributed by atoms with E-state index in [0.717, 1.165) is 22.3 Å². The number of ether oxygens (including phenoxy) is 3. The first-order chi connectivity index (χ1) is 21.5. The summed E-state index contributed by atoms with van der Waals surface area (Å²) < 4.78 is 44.3. The van der Waals surface area contributed by atoms with Gasteiger partial charge in [0, 0.05) is 20.9 Å². The van der Waals surface area contributed by atoms with Crippen LogP contribution in [0.5, 0.6) is 11.5 Å². The summed E-state index contributed by atoms with van der Waals surface area (Å²) in [6, 6.07) is 31.3. The molecule has 0 radical (unpaired) electrons. The highest BCUT2D eigenvalue weighted by atomic mass is 35.5. The highest BCUT2D eigenvalue weighted by molar-refractivity contribution is 6.30. The molecule has 2 atom stereocenters. The van der Waals surface area contributed by atoms with Crippen LogP contribution in [0, 0.1) is 0 Å². The molecule has 0 bridgehead atoms. The summed E-state index contributed by atoms with van der Waals surface area (Å²) in [6.45, 7) is 7.63. The summed E-state index contributed by atoms with van der Waals surface area (Å²) in [5, 5.41) is 1.34. The fourth-order valence-corrected chi connectivity index (χ4v) is 5.79. The molecule has 45 heavy (non-hydrogen) atoms. The largest absolute Gasteiger partial charge is 0.491 e. The first kappa shape index (κ1) is 34.7. The predicted octanol–water partition coefficient (Wildman–Crippen LogP) is 10.2. The van der Waals surface area contributed by atoms with E-state index in [1.54, 1.807) is 0 Å². The van der Waals surface area contributed by atoms with E-state index in [1.807, 2.05) is 97.1 Å². The van der Waals surface area contributed by atoms with Crippen LogP contribution in [0.25, 0.3) is 0 Å². The number of halogens is 4. The van der Waals surface area contributed by atoms with E-state index in [-0.39, 0.29) is 25.4 Å². The molecule has 4 rings (SSSR count). The van der Waals surface area contributed by atoms with Crippen molar-refractivity contribution < 1.29 is 23.0 Å². The topological polar surface area (TPSA) is 27.7 Å². The molecule has 0 fully saturated rings. The Morgan fingerprint density at radius 3 is 1.31 bits per heavy atom. The molecular weight excluding hydrogens is 613 g/mol. The minimum absolute atomic E-state index is 0.00507. The average Bonchev–Trinajstić information content (AvgIpc) is 3.03. The highest BCUT2D eigenvalue weighted by Gasteiger charge is 2.40. The van der Waals surface area contributed by atoms with E-state index in [4.69, 9.17) is 37.4 Å². The standard InChI is InChI=1S/C38H42Cl2F2O3/c1-37(2,29-11-15-31(39)16-12-29)35(25-27-7-5-9-33(23-27)43-21-19-41)45-36(38(3,4)30-13-17-32(40)18-14-30)26-28-8-6-10-34(24-28)44-22-20-42/h5-18,23-24,35-36H,19-22,25-26H2,1-4H3. The summed E-state index contributed by atoms with van der Waals surface area (Å²) in [4.78, 5) is 0. The van der Waals surface area contributed by atoms with Crippen LogP contribution in [0.4, 0.5) is 8.78 Å². The maximum atomic E-state index is 12.9. The van der Waals surface area contributed by atoms with Crippen molar-refractivity contribution in [3.05, 3.63) is 129 Å². The second-order valence-electron chi connectivity index (χ2n) is 12.3. The molecule has 0 aromatic heterocycles. The quantitative estimate of drug-likeness (QED) is 0.120. The minimum Gasteiger partial charge on any atom is -0.491 e. The summed E-state index contributed by atoms with van der Waals surface area (Å²) in [7, 11) is 0. The van der Waals surface area contributed by atoms with Crippen molar-refractivity contribution in [2.45, 2.75) is 63.6 Å². The van der Waals surface area contributed by atoms with Crippen LogP contribution in [0.1, 0.15) is 49.9 Å². The fourth-order valence-electron chi connectivity index (χ4n) is 5.54. The van der Waals surface area contributed by atoms with Crippen LogP contribution in [0.15, 0.2) is 97.1 Å². The molecule has 2 unspecified atom stereocenters. The molecule has 0 spiro atoms. The summed E-state index contributed by atoms with van der Waals surface area (Å²) >= 11 is 12.6. The fraction of sp³-hybridized carbons (Fsp3) is 0.368. The average molecular weight is 656 g/mol. The first-order valence-corrected chi connectivity index (χ1v) is 16.0. The van der Waals surface area contributed by atoms with Gasteiger partial charge in [0.2, 0.25) is 0 Å². The molecule has 0 aliphatic rings. The number of hydrogen-bond acceptors (Lipinski definition) is 3. The second-order valence-corrected chi connectivity index (χ2v) is 13.2. The third-order valence-electron chi connectivity index (χ3n) is 8.45. The van der Waals surface area contributed by atoms with Gasteiger partial charge < -0.3 is 14.2 Å². The van der Waals surface area contributed by atoms with Gasteiger partial charge in [-0.25, -0.2) is 8.78 Å². The molecule has 3 nitrogen and oxygen atoms in total. The molecule has 0 aliphatic heterocycles. The first-order valence-electron chi connectivity index (χ1n) is 15.3. The van der Waals surface area contributed by atoms with Crippen molar-refractivity contribution in [3.8, 4) is 11.5 Å². The zero-order valence-corrected chi connectivity index (χ0v) is 27.9. The van der Waals surface area contributed by atoms with Crippen LogP contribution in [0.3, 0.4) is 0 Å². The predicted molar refractivity (Wildman–Crippen MR) is 181 cm³/mol. The SMILES string of the molecule is CC(C)(c1ccc(Cl)cc1)C(Cc1cccc(OCCF)c1)OC(Cc1cccc(OCCF)c1)C(C)(C)c1ccc(Cl)cc1. The Morgan fingerprint density at radius 1 is 0.578 bits per heavy atom. The van der Waals surface area contributed by atoms with Crippen molar-refractivity contribution in [1.82, 2.24) is 0 Å². The maximum absolute atomic E-state index is 12.9. The van der Waals surface area contributed by atoms with Crippen molar-refractivity contribution >= 4 is 23.2 Å². The maximum Gasteiger partial charge on any atom is 0.123 e. The van der Waals surface area contributed by atoms with Crippen molar-refractivity contribution in [2.75, 3.05) is 26.6 Å². The lowest BCUT2D eigenvalue weighted by Crippen LogP contribution is -2.46. The lowest BCUT2D eigenvalue weighted by Gasteiger charge is -2.43. The van der Waals surface area contributed by atoms with Crippen LogP contribution in [-0.2, 0) is 28.4 Å². The van der Waals surface area contributed by atoms with Crippen molar-refractivity contribution in [1.29, 1.82) is 0 Å². The van der Waals surface area contributed by atoms with Gasteiger partial charge in [0.1, 0.15) is 38.1 Å². The van der Waals surface area contributed by atoms with Gasteiger partial charge in [-0.05, 0) is 83.6 Å². The molecule has 0 saturated heterocycles. The third-order valence-corrected chi connectivity index (χ3v) is 8.95. The molecule has 0 N–H and O–H groups in total. The van der Waals surface area contributed by atoms with Gasteiger partial charge in [-0.15, -0.1) is 0 Å². The van der Waals surface area contributed by atoms with Crippen molar-refractivity contribution in [3.63, 3.8) is 0 Å². The van der Waals surface area contributed by atoms with Crippen LogP contribution in [-0.4, -0.2) is 38.8 Å². The monoisotopic (exact) mass is 654 g/mol. The third kappa shape index (κ3) is 9.45. The smallest absolute Gasteiger partial charge is 0.123 e. The van der Waals surface area contributed by atoms with Crippen LogP contribution >= 0.6 is 23.2 Å². The zero-order chi connectivity index (χ0) is 32.5. The molecule has 240 valence electrons. The van der Waals surface area contributed by atoms with Gasteiger partial charge >= 0.3 is 0 Å². The molecule has 0 aliphatic carbocycles. The minimum atomic E-state index is -0.555. The number of rotatable bonds is 16. The van der Waals surface area contributed by atoms with Crippen molar-refractivity contribution in [2.24, 2.45) is 0 Å². The van der Waals surface area contributed by atoms with Crippen LogP contribution < -0.4 is 9.47 Å². The lowest BCUT2D eigenvalue weighted by molar-refractivity contribution is -0.0753. The van der Waals surface area contributed by atoms with Crippen LogP contribution in [0.2, 0.25) is 10.0 Å². The molecule has 0 heterocycles. The molecule has 4 aromatic carbocycles. The Labute approximate surface area is 276 Å². The molecular formula is C38H42Cl2F2O3. The van der Waals surface area contributed by atoms with E-state index in [1.165, 1.54) is 0 Å². The van der Waals surface area contributed by atoms with Gasteiger partial charge in [-0.2, -0.15) is 0 Å². The van der Waals surface area contributed by atoms with Gasteiger partial charge in [-0.1, -0.05) is 99.4 Å². The molecule has 0 amide bonds. The Kier molecular flexibility index (Phi) is 12.3. The van der Waals surface area contributed by atoms with Gasteiger partial charge in [0.05, 0.1) is 12.2 Å². The van der Waals surface area contributed by atoms with Gasteiger partial charge in [0.25, 0.3) is 0 Å². The summed E-state index contributed by atoms with van der Waals surface area (Å²) in [6.07, 6.45) is 0.570. The summed E-state index contributed by atoms with van der Waals surface area (Å²) in [5.74, 6) is 1.24. The molecule has 0 saturated carbocycles. The van der Waals surface area contributed by atoms with Gasteiger partial charge in [-0.3, -0.25) is 0 Å². The molecule has 4 aromatic rings.